The predicted octanol–water partition coefficient (Wildman–Crippen LogP) is 2.54. The van der Waals surface area contributed by atoms with Crippen LogP contribution in [0.25, 0.3) is 0 Å². The highest BCUT2D eigenvalue weighted by atomic mass is 19.3. The third kappa shape index (κ3) is 3.64. The summed E-state index contributed by atoms with van der Waals surface area (Å²) in [7, 11) is 0. The van der Waals surface area contributed by atoms with Crippen LogP contribution in [0.2, 0.25) is 0 Å². The summed E-state index contributed by atoms with van der Waals surface area (Å²) < 4.78 is 25.7. The molecule has 1 aliphatic carbocycles. The maximum absolute atomic E-state index is 12.9. The number of aliphatic imine (C=N–C) groups is 1. The lowest BCUT2D eigenvalue weighted by Gasteiger charge is -2.28. The van der Waals surface area contributed by atoms with E-state index in [4.69, 9.17) is 0 Å². The molecule has 0 aromatic rings. The third-order valence-electron chi connectivity index (χ3n) is 2.46. The third-order valence-corrected chi connectivity index (χ3v) is 2.46. The summed E-state index contributed by atoms with van der Waals surface area (Å²) in [6.45, 7) is 0.338. The minimum atomic E-state index is -2.49. The van der Waals surface area contributed by atoms with Crippen molar-refractivity contribution in [2.24, 2.45) is 10.9 Å². The first-order valence-corrected chi connectivity index (χ1v) is 4.55. The molecule has 4 heteroatoms. The van der Waals surface area contributed by atoms with Crippen molar-refractivity contribution in [1.29, 1.82) is 0 Å². The molecule has 1 atom stereocenters. The van der Waals surface area contributed by atoms with Gasteiger partial charge >= 0.3 is 0 Å². The zero-order chi connectivity index (χ0) is 9.73. The van der Waals surface area contributed by atoms with Gasteiger partial charge in [-0.15, -0.1) is 0 Å². The molecule has 0 N–H and O–H groups in total. The van der Waals surface area contributed by atoms with E-state index in [1.165, 1.54) is 6.08 Å². The van der Waals surface area contributed by atoms with Gasteiger partial charge in [0.05, 0.1) is 6.54 Å². The Bertz CT molecular complexity index is 212. The molecule has 0 saturated heterocycles. The summed E-state index contributed by atoms with van der Waals surface area (Å²) in [5.74, 6) is -2.46. The molecule has 0 bridgehead atoms. The predicted molar refractivity (Wildman–Crippen MR) is 44.5 cm³/mol. The molecule has 0 heterocycles. The molecule has 0 radical (unpaired) electrons. The van der Waals surface area contributed by atoms with Crippen molar-refractivity contribution in [1.82, 2.24) is 0 Å². The van der Waals surface area contributed by atoms with Gasteiger partial charge in [-0.05, 0) is 25.2 Å². The van der Waals surface area contributed by atoms with Crippen LogP contribution >= 0.6 is 0 Å². The number of hydrogen-bond acceptors (Lipinski definition) is 2. The highest BCUT2D eigenvalue weighted by molar-refractivity contribution is 5.32. The molecule has 1 fully saturated rings. The molecule has 1 unspecified atom stereocenters. The van der Waals surface area contributed by atoms with Gasteiger partial charge in [0.25, 0.3) is 0 Å². The summed E-state index contributed by atoms with van der Waals surface area (Å²) in [5, 5.41) is 0. The quantitative estimate of drug-likeness (QED) is 0.495. The Morgan fingerprint density at radius 2 is 2.31 bits per heavy atom. The minimum Gasteiger partial charge on any atom is -0.211 e. The number of hydrogen-bond donors (Lipinski definition) is 0. The van der Waals surface area contributed by atoms with Crippen LogP contribution in [0, 0.1) is 5.92 Å². The van der Waals surface area contributed by atoms with Crippen molar-refractivity contribution in [3.05, 3.63) is 0 Å². The average Bonchev–Trinajstić information content (AvgIpc) is 2.03. The second kappa shape index (κ2) is 4.47. The molecule has 2 nitrogen and oxygen atoms in total. The molecule has 1 rings (SSSR count). The Kier molecular flexibility index (Phi) is 3.55. The maximum atomic E-state index is 12.9. The van der Waals surface area contributed by atoms with Crippen LogP contribution in [-0.2, 0) is 4.79 Å². The molecular formula is C9H13F2NO. The monoisotopic (exact) mass is 189 g/mol. The van der Waals surface area contributed by atoms with E-state index in [2.05, 4.69) is 4.99 Å². The van der Waals surface area contributed by atoms with E-state index in [1.807, 2.05) is 0 Å². The molecule has 13 heavy (non-hydrogen) atoms. The summed E-state index contributed by atoms with van der Waals surface area (Å²) in [6.07, 6.45) is 3.40. The molecule has 0 aliphatic heterocycles. The van der Waals surface area contributed by atoms with Crippen LogP contribution in [0.5, 0.6) is 0 Å². The van der Waals surface area contributed by atoms with Gasteiger partial charge in [0.15, 0.2) is 0 Å². The fourth-order valence-electron chi connectivity index (χ4n) is 1.82. The van der Waals surface area contributed by atoms with E-state index >= 15 is 0 Å². The van der Waals surface area contributed by atoms with Crippen LogP contribution in [-0.4, -0.2) is 18.5 Å². The molecule has 1 saturated carbocycles. The molecule has 74 valence electrons. The lowest BCUT2D eigenvalue weighted by atomic mass is 9.84. The van der Waals surface area contributed by atoms with E-state index in [9.17, 15) is 13.6 Å². The van der Waals surface area contributed by atoms with Crippen molar-refractivity contribution in [2.75, 3.05) is 6.54 Å². The fourth-order valence-corrected chi connectivity index (χ4v) is 1.82. The lowest BCUT2D eigenvalue weighted by molar-refractivity contribution is -0.0530. The van der Waals surface area contributed by atoms with Crippen molar-refractivity contribution < 1.29 is 13.6 Å². The van der Waals surface area contributed by atoms with Crippen molar-refractivity contribution >= 4 is 6.08 Å². The summed E-state index contributed by atoms with van der Waals surface area (Å²) in [6, 6.07) is 0. The van der Waals surface area contributed by atoms with Crippen LogP contribution in [0.1, 0.15) is 32.1 Å². The van der Waals surface area contributed by atoms with Gasteiger partial charge in [0, 0.05) is 12.8 Å². The number of halogens is 2. The van der Waals surface area contributed by atoms with Crippen molar-refractivity contribution in [3.8, 4) is 0 Å². The van der Waals surface area contributed by atoms with Crippen molar-refractivity contribution in [3.63, 3.8) is 0 Å². The SMILES string of the molecule is O=C=NCCC1CCCC(F)(F)C1. The Morgan fingerprint density at radius 3 is 2.92 bits per heavy atom. The van der Waals surface area contributed by atoms with Gasteiger partial charge in [-0.2, -0.15) is 0 Å². The van der Waals surface area contributed by atoms with Crippen molar-refractivity contribution in [2.45, 2.75) is 38.0 Å². The zero-order valence-electron chi connectivity index (χ0n) is 7.43. The van der Waals surface area contributed by atoms with Gasteiger partial charge in [0.1, 0.15) is 0 Å². The first-order chi connectivity index (χ1) is 6.14. The molecular weight excluding hydrogens is 176 g/mol. The Hall–Kier alpha value is -0.760. The van der Waals surface area contributed by atoms with Gasteiger partial charge in [-0.3, -0.25) is 0 Å². The largest absolute Gasteiger partial charge is 0.248 e. The number of rotatable bonds is 3. The highest BCUT2D eigenvalue weighted by Gasteiger charge is 2.35. The van der Waals surface area contributed by atoms with Crippen LogP contribution in [0.15, 0.2) is 4.99 Å². The maximum Gasteiger partial charge on any atom is 0.248 e. The van der Waals surface area contributed by atoms with Crippen LogP contribution in [0.3, 0.4) is 0 Å². The van der Waals surface area contributed by atoms with E-state index in [-0.39, 0.29) is 18.8 Å². The molecule has 0 aromatic heterocycles. The van der Waals surface area contributed by atoms with Gasteiger partial charge in [0.2, 0.25) is 12.0 Å². The number of nitrogens with zero attached hydrogens (tertiary/aromatic N) is 1. The van der Waals surface area contributed by atoms with E-state index < -0.39 is 5.92 Å². The summed E-state index contributed by atoms with van der Waals surface area (Å²) >= 11 is 0. The number of alkyl halides is 2. The normalized spacial score (nSPS) is 26.5. The lowest BCUT2D eigenvalue weighted by Crippen LogP contribution is -2.26. The summed E-state index contributed by atoms with van der Waals surface area (Å²) in [4.78, 5) is 13.1. The van der Waals surface area contributed by atoms with E-state index in [0.717, 1.165) is 6.42 Å². The average molecular weight is 189 g/mol. The smallest absolute Gasteiger partial charge is 0.211 e. The Morgan fingerprint density at radius 1 is 1.54 bits per heavy atom. The molecule has 0 spiro atoms. The van der Waals surface area contributed by atoms with Gasteiger partial charge in [-0.25, -0.2) is 18.6 Å². The van der Waals surface area contributed by atoms with E-state index in [0.29, 0.717) is 19.4 Å². The van der Waals surface area contributed by atoms with Crippen LogP contribution in [0.4, 0.5) is 8.78 Å². The molecule has 0 aromatic carbocycles. The zero-order valence-corrected chi connectivity index (χ0v) is 7.43. The second-order valence-corrected chi connectivity index (χ2v) is 3.58. The number of carbonyl (C=O) groups excluding carboxylic acids is 1. The van der Waals surface area contributed by atoms with E-state index in [1.54, 1.807) is 0 Å². The topological polar surface area (TPSA) is 29.4 Å². The summed E-state index contributed by atoms with van der Waals surface area (Å²) in [5.41, 5.74) is 0. The molecule has 1 aliphatic rings. The van der Waals surface area contributed by atoms with Crippen LogP contribution < -0.4 is 0 Å². The highest BCUT2D eigenvalue weighted by Crippen LogP contribution is 2.37. The standard InChI is InChI=1S/C9H13F2NO/c10-9(11)4-1-2-8(6-9)3-5-12-7-13/h8H,1-6H2. The first-order valence-electron chi connectivity index (χ1n) is 4.55. The first kappa shape index (κ1) is 10.3. The Balaban J connectivity index is 2.30. The minimum absolute atomic E-state index is 0.0143. The second-order valence-electron chi connectivity index (χ2n) is 3.58. The van der Waals surface area contributed by atoms with Gasteiger partial charge in [-0.1, -0.05) is 0 Å². The number of isocyanates is 1. The fraction of sp³-hybridized carbons (Fsp3) is 0.889. The molecule has 0 amide bonds. The Labute approximate surface area is 76.0 Å². The van der Waals surface area contributed by atoms with Gasteiger partial charge < -0.3 is 0 Å².